The molecular weight excluding hydrogens is 370 g/mol. The second kappa shape index (κ2) is 9.06. The van der Waals surface area contributed by atoms with Gasteiger partial charge in [0.05, 0.1) is 6.04 Å². The number of anilines is 2. The zero-order valence-electron chi connectivity index (χ0n) is 16.6. The van der Waals surface area contributed by atoms with Crippen LogP contribution in [0.4, 0.5) is 11.4 Å². The van der Waals surface area contributed by atoms with Crippen molar-refractivity contribution in [2.24, 2.45) is 0 Å². The Labute approximate surface area is 172 Å². The molecular formula is C22H27N3O2S. The van der Waals surface area contributed by atoms with Crippen LogP contribution in [0.2, 0.25) is 0 Å². The summed E-state index contributed by atoms with van der Waals surface area (Å²) in [6, 6.07) is 13.9. The lowest BCUT2D eigenvalue weighted by atomic mass is 10.1. The molecule has 0 spiro atoms. The van der Waals surface area contributed by atoms with Crippen molar-refractivity contribution in [3.63, 3.8) is 0 Å². The van der Waals surface area contributed by atoms with Crippen LogP contribution >= 0.6 is 12.2 Å². The van der Waals surface area contributed by atoms with Crippen molar-refractivity contribution in [1.82, 2.24) is 5.32 Å². The molecule has 6 heteroatoms. The monoisotopic (exact) mass is 397 g/mol. The van der Waals surface area contributed by atoms with E-state index in [9.17, 15) is 4.79 Å². The Bertz CT molecular complexity index is 851. The van der Waals surface area contributed by atoms with Crippen LogP contribution in [0, 0.1) is 13.8 Å². The molecule has 0 aromatic heterocycles. The van der Waals surface area contributed by atoms with Gasteiger partial charge >= 0.3 is 0 Å². The van der Waals surface area contributed by atoms with Crippen molar-refractivity contribution in [2.45, 2.75) is 39.7 Å². The molecule has 1 saturated heterocycles. The van der Waals surface area contributed by atoms with Gasteiger partial charge in [-0.05, 0) is 86.9 Å². The summed E-state index contributed by atoms with van der Waals surface area (Å²) < 4.78 is 5.85. The summed E-state index contributed by atoms with van der Waals surface area (Å²) >= 11 is 5.40. The number of thiocarbonyl (C=S) groups is 1. The highest BCUT2D eigenvalue weighted by Crippen LogP contribution is 2.23. The molecule has 1 aliphatic heterocycles. The maximum atomic E-state index is 11.8. The Hall–Kier alpha value is -2.60. The second-order valence-corrected chi connectivity index (χ2v) is 7.66. The molecule has 1 aliphatic rings. The fourth-order valence-corrected chi connectivity index (χ4v) is 3.42. The van der Waals surface area contributed by atoms with Gasteiger partial charge in [0, 0.05) is 24.3 Å². The number of hydrogen-bond acceptors (Lipinski definition) is 3. The molecule has 5 nitrogen and oxygen atoms in total. The predicted molar refractivity (Wildman–Crippen MR) is 118 cm³/mol. The largest absolute Gasteiger partial charge is 0.491 e. The first-order valence-electron chi connectivity index (χ1n) is 9.60. The number of ether oxygens (including phenoxy) is 1. The van der Waals surface area contributed by atoms with Crippen LogP contribution in [0.25, 0.3) is 0 Å². The molecule has 0 saturated carbocycles. The van der Waals surface area contributed by atoms with Gasteiger partial charge in [-0.25, -0.2) is 0 Å². The van der Waals surface area contributed by atoms with Crippen LogP contribution in [0.15, 0.2) is 42.5 Å². The SMILES string of the molecule is Cc1ccc(OC[C@@H](C)NC(=S)Nc2ccc(N3CCCC3=O)cc2)cc1C. The minimum atomic E-state index is 0.0584. The molecule has 1 fully saturated rings. The molecule has 0 bridgehead atoms. The number of carbonyl (C=O) groups is 1. The van der Waals surface area contributed by atoms with Crippen molar-refractivity contribution >= 4 is 34.6 Å². The van der Waals surface area contributed by atoms with Gasteiger partial charge in [-0.3, -0.25) is 4.79 Å². The smallest absolute Gasteiger partial charge is 0.227 e. The number of amides is 1. The highest BCUT2D eigenvalue weighted by molar-refractivity contribution is 7.80. The molecule has 1 atom stereocenters. The van der Waals surface area contributed by atoms with Crippen molar-refractivity contribution in [3.8, 4) is 5.75 Å². The molecule has 0 aliphatic carbocycles. The first-order valence-corrected chi connectivity index (χ1v) is 10.0. The Kier molecular flexibility index (Phi) is 6.52. The van der Waals surface area contributed by atoms with Gasteiger partial charge in [0.1, 0.15) is 12.4 Å². The van der Waals surface area contributed by atoms with Gasteiger partial charge < -0.3 is 20.3 Å². The highest BCUT2D eigenvalue weighted by Gasteiger charge is 2.21. The van der Waals surface area contributed by atoms with Crippen molar-refractivity contribution in [1.29, 1.82) is 0 Å². The lowest BCUT2D eigenvalue weighted by Crippen LogP contribution is -2.39. The molecule has 148 valence electrons. The lowest BCUT2D eigenvalue weighted by Gasteiger charge is -2.19. The standard InChI is InChI=1S/C22H27N3O2S/c1-15-6-11-20(13-16(15)2)27-14-17(3)23-22(28)24-18-7-9-19(10-8-18)25-12-4-5-21(25)26/h6-11,13,17H,4-5,12,14H2,1-3H3,(H2,23,24,28)/t17-/m1/s1. The molecule has 2 aromatic carbocycles. The van der Waals surface area contributed by atoms with Gasteiger partial charge in [0.2, 0.25) is 5.91 Å². The van der Waals surface area contributed by atoms with E-state index in [-0.39, 0.29) is 11.9 Å². The average molecular weight is 398 g/mol. The maximum Gasteiger partial charge on any atom is 0.227 e. The molecule has 28 heavy (non-hydrogen) atoms. The predicted octanol–water partition coefficient (Wildman–Crippen LogP) is 4.18. The average Bonchev–Trinajstić information content (AvgIpc) is 3.09. The third kappa shape index (κ3) is 5.23. The first kappa shape index (κ1) is 20.1. The van der Waals surface area contributed by atoms with E-state index < -0.39 is 0 Å². The van der Waals surface area contributed by atoms with Crippen molar-refractivity contribution < 1.29 is 9.53 Å². The number of benzene rings is 2. The summed E-state index contributed by atoms with van der Waals surface area (Å²) in [4.78, 5) is 13.7. The van der Waals surface area contributed by atoms with Gasteiger partial charge in [-0.15, -0.1) is 0 Å². The molecule has 2 N–H and O–H groups in total. The van der Waals surface area contributed by atoms with Crippen LogP contribution in [0.1, 0.15) is 30.9 Å². The third-order valence-corrected chi connectivity index (χ3v) is 5.09. The Morgan fingerprint density at radius 1 is 1.18 bits per heavy atom. The Morgan fingerprint density at radius 3 is 2.57 bits per heavy atom. The van der Waals surface area contributed by atoms with E-state index in [1.54, 1.807) is 0 Å². The third-order valence-electron chi connectivity index (χ3n) is 4.87. The van der Waals surface area contributed by atoms with E-state index in [0.29, 0.717) is 18.1 Å². The Morgan fingerprint density at radius 2 is 1.93 bits per heavy atom. The number of aryl methyl sites for hydroxylation is 2. The summed E-state index contributed by atoms with van der Waals surface area (Å²) in [5.74, 6) is 1.05. The van der Waals surface area contributed by atoms with E-state index in [1.165, 1.54) is 11.1 Å². The van der Waals surface area contributed by atoms with Crippen LogP contribution in [0.3, 0.4) is 0 Å². The van der Waals surface area contributed by atoms with Crippen LogP contribution in [0.5, 0.6) is 5.75 Å². The summed E-state index contributed by atoms with van der Waals surface area (Å²) in [6.45, 7) is 7.50. The van der Waals surface area contributed by atoms with E-state index >= 15 is 0 Å². The summed E-state index contributed by atoms with van der Waals surface area (Å²) in [5, 5.41) is 6.95. The van der Waals surface area contributed by atoms with Gasteiger partial charge in [0.15, 0.2) is 5.11 Å². The minimum Gasteiger partial charge on any atom is -0.491 e. The fourth-order valence-electron chi connectivity index (χ4n) is 3.10. The molecule has 0 unspecified atom stereocenters. The zero-order valence-corrected chi connectivity index (χ0v) is 17.4. The van der Waals surface area contributed by atoms with Crippen LogP contribution in [-0.2, 0) is 4.79 Å². The number of nitrogens with one attached hydrogen (secondary N) is 2. The van der Waals surface area contributed by atoms with E-state index in [2.05, 4.69) is 30.5 Å². The normalized spacial score (nSPS) is 14.7. The minimum absolute atomic E-state index is 0.0584. The van der Waals surface area contributed by atoms with E-state index in [1.807, 2.05) is 48.2 Å². The van der Waals surface area contributed by atoms with Crippen molar-refractivity contribution in [3.05, 3.63) is 53.6 Å². The van der Waals surface area contributed by atoms with E-state index in [4.69, 9.17) is 17.0 Å². The molecule has 1 amide bonds. The topological polar surface area (TPSA) is 53.6 Å². The number of rotatable bonds is 6. The summed E-state index contributed by atoms with van der Waals surface area (Å²) in [7, 11) is 0. The van der Waals surface area contributed by atoms with Crippen LogP contribution < -0.4 is 20.3 Å². The van der Waals surface area contributed by atoms with E-state index in [0.717, 1.165) is 30.1 Å². The van der Waals surface area contributed by atoms with Gasteiger partial charge in [-0.2, -0.15) is 0 Å². The molecule has 0 radical (unpaired) electrons. The summed E-state index contributed by atoms with van der Waals surface area (Å²) in [6.07, 6.45) is 1.56. The number of hydrogen-bond donors (Lipinski definition) is 2. The Balaban J connectivity index is 1.46. The molecule has 1 heterocycles. The maximum absolute atomic E-state index is 11.8. The lowest BCUT2D eigenvalue weighted by molar-refractivity contribution is -0.117. The first-order chi connectivity index (χ1) is 13.4. The van der Waals surface area contributed by atoms with Gasteiger partial charge in [0.25, 0.3) is 0 Å². The highest BCUT2D eigenvalue weighted by atomic mass is 32.1. The summed E-state index contributed by atoms with van der Waals surface area (Å²) in [5.41, 5.74) is 4.29. The molecule has 3 rings (SSSR count). The zero-order chi connectivity index (χ0) is 20.1. The number of nitrogens with zero attached hydrogens (tertiary/aromatic N) is 1. The van der Waals surface area contributed by atoms with Crippen molar-refractivity contribution in [2.75, 3.05) is 23.4 Å². The van der Waals surface area contributed by atoms with Crippen LogP contribution in [-0.4, -0.2) is 30.2 Å². The van der Waals surface area contributed by atoms with Gasteiger partial charge in [-0.1, -0.05) is 6.07 Å². The quantitative estimate of drug-likeness (QED) is 0.716. The number of carbonyl (C=O) groups excluding carboxylic acids is 1. The fraction of sp³-hybridized carbons (Fsp3) is 0.364. The molecule has 2 aromatic rings. The second-order valence-electron chi connectivity index (χ2n) is 7.25.